The molecule has 0 saturated heterocycles. The second-order valence-electron chi connectivity index (χ2n) is 23.1. The average Bonchev–Trinajstić information content (AvgIpc) is 3.46. The van der Waals surface area contributed by atoms with E-state index in [4.69, 9.17) is 14.2 Å². The Morgan fingerprint density at radius 2 is 0.487 bits per heavy atom. The molecule has 0 fully saturated rings. The van der Waals surface area contributed by atoms with Crippen molar-refractivity contribution in [2.24, 2.45) is 0 Å². The first-order chi connectivity index (χ1) is 39.5. The minimum atomic E-state index is -0.782. The van der Waals surface area contributed by atoms with Crippen molar-refractivity contribution in [3.8, 4) is 0 Å². The van der Waals surface area contributed by atoms with Gasteiger partial charge >= 0.3 is 17.9 Å². The first-order valence-corrected chi connectivity index (χ1v) is 34.6. The molecule has 0 bridgehead atoms. The Labute approximate surface area is 496 Å². The van der Waals surface area contributed by atoms with Crippen LogP contribution < -0.4 is 0 Å². The third kappa shape index (κ3) is 65.4. The highest BCUT2D eigenvalue weighted by Gasteiger charge is 2.19. The van der Waals surface area contributed by atoms with Crippen LogP contribution in [-0.4, -0.2) is 37.2 Å². The van der Waals surface area contributed by atoms with Crippen LogP contribution in [0.5, 0.6) is 0 Å². The number of hydrogen-bond donors (Lipinski definition) is 0. The zero-order valence-electron chi connectivity index (χ0n) is 53.1. The van der Waals surface area contributed by atoms with Gasteiger partial charge in [-0.25, -0.2) is 0 Å². The maximum atomic E-state index is 12.9. The van der Waals surface area contributed by atoms with Gasteiger partial charge in [-0.2, -0.15) is 0 Å². The van der Waals surface area contributed by atoms with Crippen molar-refractivity contribution < 1.29 is 28.6 Å². The largest absolute Gasteiger partial charge is 0.462 e. The lowest BCUT2D eigenvalue weighted by atomic mass is 10.0. The van der Waals surface area contributed by atoms with Crippen LogP contribution in [0.2, 0.25) is 0 Å². The maximum Gasteiger partial charge on any atom is 0.306 e. The van der Waals surface area contributed by atoms with Gasteiger partial charge in [0, 0.05) is 19.3 Å². The summed E-state index contributed by atoms with van der Waals surface area (Å²) in [4.78, 5) is 38.4. The van der Waals surface area contributed by atoms with Gasteiger partial charge in [-0.1, -0.05) is 318 Å². The van der Waals surface area contributed by atoms with Crippen LogP contribution in [0.1, 0.15) is 348 Å². The van der Waals surface area contributed by atoms with Gasteiger partial charge < -0.3 is 14.2 Å². The molecule has 0 radical (unpaired) electrons. The molecule has 0 aromatic rings. The average molecular weight is 1120 g/mol. The van der Waals surface area contributed by atoms with Crippen molar-refractivity contribution in [3.05, 3.63) is 85.1 Å². The molecule has 0 rings (SSSR count). The van der Waals surface area contributed by atoms with Crippen LogP contribution in [0.15, 0.2) is 85.1 Å². The second kappa shape index (κ2) is 68.1. The Hall–Kier alpha value is -3.41. The van der Waals surface area contributed by atoms with Crippen LogP contribution in [0, 0.1) is 0 Å². The number of ether oxygens (including phenoxy) is 3. The molecule has 1 unspecified atom stereocenters. The highest BCUT2D eigenvalue weighted by molar-refractivity contribution is 5.71. The number of carbonyl (C=O) groups excluding carboxylic acids is 3. The van der Waals surface area contributed by atoms with Gasteiger partial charge in [-0.05, 0) is 96.3 Å². The van der Waals surface area contributed by atoms with E-state index in [-0.39, 0.29) is 31.1 Å². The molecule has 0 spiro atoms. The highest BCUT2D eigenvalue weighted by atomic mass is 16.6. The molecule has 0 aliphatic heterocycles. The van der Waals surface area contributed by atoms with Crippen molar-refractivity contribution in [2.45, 2.75) is 354 Å². The Morgan fingerprint density at radius 1 is 0.263 bits per heavy atom. The smallest absolute Gasteiger partial charge is 0.306 e. The second-order valence-corrected chi connectivity index (χ2v) is 23.1. The van der Waals surface area contributed by atoms with Gasteiger partial charge in [-0.3, -0.25) is 14.4 Å². The Morgan fingerprint density at radius 3 is 0.775 bits per heavy atom. The van der Waals surface area contributed by atoms with E-state index in [1.807, 2.05) is 0 Å². The molecular formula is C74H130O6. The molecular weight excluding hydrogens is 985 g/mol. The van der Waals surface area contributed by atoms with Gasteiger partial charge in [0.05, 0.1) is 0 Å². The van der Waals surface area contributed by atoms with Crippen molar-refractivity contribution in [3.63, 3.8) is 0 Å². The molecule has 6 nitrogen and oxygen atoms in total. The number of hydrogen-bond acceptors (Lipinski definition) is 6. The van der Waals surface area contributed by atoms with E-state index >= 15 is 0 Å². The zero-order valence-corrected chi connectivity index (χ0v) is 53.1. The van der Waals surface area contributed by atoms with E-state index in [2.05, 4.69) is 106 Å². The molecule has 1 atom stereocenters. The molecule has 462 valence electrons. The van der Waals surface area contributed by atoms with Crippen LogP contribution in [-0.2, 0) is 28.6 Å². The predicted octanol–water partition coefficient (Wildman–Crippen LogP) is 23.8. The van der Waals surface area contributed by atoms with E-state index in [9.17, 15) is 14.4 Å². The summed E-state index contributed by atoms with van der Waals surface area (Å²) < 4.78 is 17.0. The summed E-state index contributed by atoms with van der Waals surface area (Å²) in [5, 5.41) is 0. The fourth-order valence-corrected chi connectivity index (χ4v) is 9.97. The summed E-state index contributed by atoms with van der Waals surface area (Å²) in [7, 11) is 0. The maximum absolute atomic E-state index is 12.9. The minimum absolute atomic E-state index is 0.0776. The minimum Gasteiger partial charge on any atom is -0.462 e. The first-order valence-electron chi connectivity index (χ1n) is 34.6. The van der Waals surface area contributed by atoms with Crippen molar-refractivity contribution >= 4 is 17.9 Å². The van der Waals surface area contributed by atoms with Gasteiger partial charge in [-0.15, -0.1) is 0 Å². The number of unbranched alkanes of at least 4 members (excludes halogenated alkanes) is 38. The molecule has 0 saturated carbocycles. The summed E-state index contributed by atoms with van der Waals surface area (Å²) in [6.07, 6.45) is 90.3. The summed E-state index contributed by atoms with van der Waals surface area (Å²) in [6, 6.07) is 0. The molecule has 0 aromatic carbocycles. The Bertz CT molecular complexity index is 1520. The van der Waals surface area contributed by atoms with Crippen LogP contribution in [0.4, 0.5) is 0 Å². The molecule has 80 heavy (non-hydrogen) atoms. The van der Waals surface area contributed by atoms with E-state index in [1.165, 1.54) is 199 Å². The first kappa shape index (κ1) is 76.6. The number of allylic oxidation sites excluding steroid dienone is 14. The molecule has 0 aliphatic rings. The van der Waals surface area contributed by atoms with Crippen LogP contribution >= 0.6 is 0 Å². The number of carbonyl (C=O) groups is 3. The lowest BCUT2D eigenvalue weighted by molar-refractivity contribution is -0.167. The third-order valence-corrected chi connectivity index (χ3v) is 15.1. The third-order valence-electron chi connectivity index (χ3n) is 15.1. The molecule has 6 heteroatoms. The zero-order chi connectivity index (χ0) is 57.8. The molecule has 0 aliphatic carbocycles. The topological polar surface area (TPSA) is 78.9 Å². The van der Waals surface area contributed by atoms with Crippen molar-refractivity contribution in [2.75, 3.05) is 13.2 Å². The fourth-order valence-electron chi connectivity index (χ4n) is 9.97. The summed E-state index contributed by atoms with van der Waals surface area (Å²) in [5.74, 6) is -0.873. The van der Waals surface area contributed by atoms with Crippen molar-refractivity contribution in [1.82, 2.24) is 0 Å². The fraction of sp³-hybridized carbons (Fsp3) is 0.770. The van der Waals surface area contributed by atoms with E-state index in [1.54, 1.807) is 0 Å². The normalized spacial score (nSPS) is 12.6. The van der Waals surface area contributed by atoms with E-state index in [0.29, 0.717) is 19.3 Å². The molecule has 0 aromatic heterocycles. The summed E-state index contributed by atoms with van der Waals surface area (Å²) in [6.45, 7) is 6.55. The molecule has 0 N–H and O–H groups in total. The molecule has 0 heterocycles. The van der Waals surface area contributed by atoms with Crippen LogP contribution in [0.3, 0.4) is 0 Å². The Balaban J connectivity index is 4.28. The summed E-state index contributed by atoms with van der Waals surface area (Å²) in [5.41, 5.74) is 0. The van der Waals surface area contributed by atoms with E-state index < -0.39 is 6.10 Å². The van der Waals surface area contributed by atoms with Gasteiger partial charge in [0.1, 0.15) is 13.2 Å². The van der Waals surface area contributed by atoms with Gasteiger partial charge in [0.25, 0.3) is 0 Å². The number of rotatable bonds is 63. The quantitative estimate of drug-likeness (QED) is 0.0261. The lowest BCUT2D eigenvalue weighted by Crippen LogP contribution is -2.30. The standard InChI is InChI=1S/C74H130O6/c1-4-7-10-13-16-19-22-25-28-31-32-33-34-35-36-37-38-39-40-41-42-44-46-49-52-55-58-61-64-67-73(76)79-70-71(69-78-72(75)66-63-60-57-54-51-48-45-30-27-24-21-18-15-12-9-6-3)80-74(77)68-65-62-59-56-53-50-47-43-29-26-23-20-17-14-11-8-5-2/h7,10,16,19,21,24-25,28,30,32-33,35-36,45,71H,4-6,8-9,11-15,17-18,20,22-23,26-27,29,31,34,37-44,46-70H2,1-3H3/b10-7-,19-16-,24-21-,28-25-,33-32-,36-35-,45-30-. The SMILES string of the molecule is CC/C=C\C/C=C\C/C=C\C/C=C\C/C=C\CCCCCCCCCCCCCCCC(=O)OCC(COC(=O)CCCCCCC/C=C\C/C=C\CCCCCC)OC(=O)CCCCCCCCCCCCCCCCCCC. The Kier molecular flexibility index (Phi) is 65.2. The van der Waals surface area contributed by atoms with Crippen molar-refractivity contribution in [1.29, 1.82) is 0 Å². The monoisotopic (exact) mass is 1110 g/mol. The predicted molar refractivity (Wildman–Crippen MR) is 348 cm³/mol. The highest BCUT2D eigenvalue weighted by Crippen LogP contribution is 2.17. The summed E-state index contributed by atoms with van der Waals surface area (Å²) >= 11 is 0. The van der Waals surface area contributed by atoms with Gasteiger partial charge in [0.2, 0.25) is 0 Å². The number of esters is 3. The van der Waals surface area contributed by atoms with E-state index in [0.717, 1.165) is 109 Å². The lowest BCUT2D eigenvalue weighted by Gasteiger charge is -2.18. The molecule has 0 amide bonds. The van der Waals surface area contributed by atoms with Crippen LogP contribution in [0.25, 0.3) is 0 Å². The van der Waals surface area contributed by atoms with Gasteiger partial charge in [0.15, 0.2) is 6.10 Å².